The first-order chi connectivity index (χ1) is 9.70. The SMILES string of the molecule is Cc1c(Nc2ccc(F)cc2C(F)(F)F)ccc(N)c1F. The summed E-state index contributed by atoms with van der Waals surface area (Å²) >= 11 is 0. The lowest BCUT2D eigenvalue weighted by Gasteiger charge is -2.16. The molecule has 0 aromatic heterocycles. The van der Waals surface area contributed by atoms with Gasteiger partial charge in [0.05, 0.1) is 16.9 Å². The normalized spacial score (nSPS) is 11.5. The highest BCUT2D eigenvalue weighted by Crippen LogP contribution is 2.37. The largest absolute Gasteiger partial charge is 0.418 e. The summed E-state index contributed by atoms with van der Waals surface area (Å²) in [5.74, 6) is -1.72. The van der Waals surface area contributed by atoms with E-state index in [1.807, 2.05) is 0 Å². The lowest BCUT2D eigenvalue weighted by Crippen LogP contribution is -2.10. The van der Waals surface area contributed by atoms with Gasteiger partial charge in [0.15, 0.2) is 5.82 Å². The molecule has 7 heteroatoms. The van der Waals surface area contributed by atoms with E-state index < -0.39 is 23.4 Å². The van der Waals surface area contributed by atoms with Crippen molar-refractivity contribution in [2.75, 3.05) is 11.1 Å². The van der Waals surface area contributed by atoms with E-state index in [1.54, 1.807) is 0 Å². The topological polar surface area (TPSA) is 38.0 Å². The molecule has 0 bridgehead atoms. The molecule has 2 aromatic carbocycles. The molecule has 112 valence electrons. The van der Waals surface area contributed by atoms with Crippen molar-refractivity contribution in [1.29, 1.82) is 0 Å². The maximum atomic E-state index is 13.6. The second-order valence-electron chi connectivity index (χ2n) is 4.45. The molecule has 0 radical (unpaired) electrons. The van der Waals surface area contributed by atoms with Crippen LogP contribution in [0.2, 0.25) is 0 Å². The first-order valence-electron chi connectivity index (χ1n) is 5.88. The minimum atomic E-state index is -4.73. The molecule has 0 atom stereocenters. The predicted molar refractivity (Wildman–Crippen MR) is 70.2 cm³/mol. The summed E-state index contributed by atoms with van der Waals surface area (Å²) in [6.45, 7) is 1.38. The molecule has 0 aliphatic carbocycles. The minimum absolute atomic E-state index is 0.0763. The fourth-order valence-electron chi connectivity index (χ4n) is 1.85. The number of benzene rings is 2. The molecular weight excluding hydrogens is 291 g/mol. The molecular formula is C14H11F5N2. The summed E-state index contributed by atoms with van der Waals surface area (Å²) in [6.07, 6.45) is -4.73. The molecule has 0 fully saturated rings. The summed E-state index contributed by atoms with van der Waals surface area (Å²) in [5, 5.41) is 2.46. The summed E-state index contributed by atoms with van der Waals surface area (Å²) in [5.41, 5.74) is 3.93. The number of hydrogen-bond donors (Lipinski definition) is 2. The van der Waals surface area contributed by atoms with Crippen LogP contribution in [0.4, 0.5) is 39.0 Å². The second-order valence-corrected chi connectivity index (χ2v) is 4.45. The molecule has 2 rings (SSSR count). The first kappa shape index (κ1) is 15.1. The maximum Gasteiger partial charge on any atom is 0.418 e. The minimum Gasteiger partial charge on any atom is -0.396 e. The van der Waals surface area contributed by atoms with E-state index >= 15 is 0 Å². The van der Waals surface area contributed by atoms with Gasteiger partial charge in [0, 0.05) is 11.3 Å². The monoisotopic (exact) mass is 302 g/mol. The molecule has 0 amide bonds. The zero-order valence-corrected chi connectivity index (χ0v) is 10.9. The zero-order valence-electron chi connectivity index (χ0n) is 10.9. The lowest BCUT2D eigenvalue weighted by atomic mass is 10.1. The van der Waals surface area contributed by atoms with E-state index in [-0.39, 0.29) is 22.6 Å². The summed E-state index contributed by atoms with van der Waals surface area (Å²) < 4.78 is 65.3. The van der Waals surface area contributed by atoms with Crippen LogP contribution in [0.5, 0.6) is 0 Å². The van der Waals surface area contributed by atoms with E-state index in [4.69, 9.17) is 5.73 Å². The Labute approximate surface area is 117 Å². The first-order valence-corrected chi connectivity index (χ1v) is 5.88. The summed E-state index contributed by atoms with van der Waals surface area (Å²) in [6, 6.07) is 4.82. The van der Waals surface area contributed by atoms with Crippen LogP contribution in [0.1, 0.15) is 11.1 Å². The number of nitrogens with one attached hydrogen (secondary N) is 1. The highest BCUT2D eigenvalue weighted by atomic mass is 19.4. The van der Waals surface area contributed by atoms with E-state index in [2.05, 4.69) is 5.32 Å². The van der Waals surface area contributed by atoms with Crippen LogP contribution >= 0.6 is 0 Å². The van der Waals surface area contributed by atoms with Gasteiger partial charge in [-0.15, -0.1) is 0 Å². The number of rotatable bonds is 2. The summed E-state index contributed by atoms with van der Waals surface area (Å²) in [7, 11) is 0. The fraction of sp³-hybridized carbons (Fsp3) is 0.143. The van der Waals surface area contributed by atoms with Crippen molar-refractivity contribution >= 4 is 17.1 Å². The third kappa shape index (κ3) is 3.07. The molecule has 2 nitrogen and oxygen atoms in total. The number of nitrogens with two attached hydrogens (primary N) is 1. The smallest absolute Gasteiger partial charge is 0.396 e. The van der Waals surface area contributed by atoms with E-state index in [1.165, 1.54) is 19.1 Å². The Morgan fingerprint density at radius 3 is 2.24 bits per heavy atom. The maximum absolute atomic E-state index is 13.6. The van der Waals surface area contributed by atoms with Gasteiger partial charge in [-0.05, 0) is 37.3 Å². The Bertz CT molecular complexity index is 680. The van der Waals surface area contributed by atoms with E-state index in [0.29, 0.717) is 6.07 Å². The fourth-order valence-corrected chi connectivity index (χ4v) is 1.85. The van der Waals surface area contributed by atoms with Gasteiger partial charge in [0.2, 0.25) is 0 Å². The van der Waals surface area contributed by atoms with Crippen molar-refractivity contribution in [1.82, 2.24) is 0 Å². The average Bonchev–Trinajstić information content (AvgIpc) is 2.40. The molecule has 3 N–H and O–H groups in total. The van der Waals surface area contributed by atoms with Crippen molar-refractivity contribution in [2.45, 2.75) is 13.1 Å². The Hall–Kier alpha value is -2.31. The van der Waals surface area contributed by atoms with Gasteiger partial charge in [-0.1, -0.05) is 0 Å². The molecule has 0 spiro atoms. The Balaban J connectivity index is 2.48. The van der Waals surface area contributed by atoms with Crippen LogP contribution in [-0.4, -0.2) is 0 Å². The summed E-state index contributed by atoms with van der Waals surface area (Å²) in [4.78, 5) is 0. The number of anilines is 3. The zero-order chi connectivity index (χ0) is 15.8. The van der Waals surface area contributed by atoms with Crippen LogP contribution in [0.3, 0.4) is 0 Å². The predicted octanol–water partition coefficient (Wildman–Crippen LogP) is 4.62. The molecule has 2 aromatic rings. The number of alkyl halides is 3. The molecule has 0 unspecified atom stereocenters. The van der Waals surface area contributed by atoms with Crippen LogP contribution in [0, 0.1) is 18.6 Å². The lowest BCUT2D eigenvalue weighted by molar-refractivity contribution is -0.137. The van der Waals surface area contributed by atoms with Gasteiger partial charge >= 0.3 is 6.18 Å². The molecule has 0 aliphatic heterocycles. The van der Waals surface area contributed by atoms with Crippen molar-refractivity contribution < 1.29 is 22.0 Å². The Morgan fingerprint density at radius 1 is 1.00 bits per heavy atom. The highest BCUT2D eigenvalue weighted by Gasteiger charge is 2.34. The Kier molecular flexibility index (Phi) is 3.76. The third-order valence-electron chi connectivity index (χ3n) is 2.97. The van der Waals surface area contributed by atoms with E-state index in [0.717, 1.165) is 12.1 Å². The average molecular weight is 302 g/mol. The van der Waals surface area contributed by atoms with Gasteiger partial charge in [-0.3, -0.25) is 0 Å². The number of nitrogen functional groups attached to an aromatic ring is 1. The van der Waals surface area contributed by atoms with Gasteiger partial charge in [-0.2, -0.15) is 13.2 Å². The van der Waals surface area contributed by atoms with Crippen LogP contribution < -0.4 is 11.1 Å². The standard InChI is InChI=1S/C14H11F5N2/c1-7-11(5-3-10(20)13(7)16)21-12-4-2-8(15)6-9(12)14(17,18)19/h2-6,21H,20H2,1H3. The van der Waals surface area contributed by atoms with Gasteiger partial charge in [-0.25, -0.2) is 8.78 Å². The van der Waals surface area contributed by atoms with Gasteiger partial charge in [0.1, 0.15) is 5.82 Å². The highest BCUT2D eigenvalue weighted by molar-refractivity contribution is 5.68. The molecule has 21 heavy (non-hydrogen) atoms. The second kappa shape index (κ2) is 5.23. The quantitative estimate of drug-likeness (QED) is 0.627. The van der Waals surface area contributed by atoms with Crippen LogP contribution in [0.15, 0.2) is 30.3 Å². The van der Waals surface area contributed by atoms with Crippen molar-refractivity contribution in [3.8, 4) is 0 Å². The van der Waals surface area contributed by atoms with Crippen molar-refractivity contribution in [3.05, 3.63) is 53.1 Å². The number of hydrogen-bond acceptors (Lipinski definition) is 2. The molecule has 0 heterocycles. The van der Waals surface area contributed by atoms with Crippen LogP contribution in [-0.2, 0) is 6.18 Å². The van der Waals surface area contributed by atoms with Gasteiger partial charge in [0.25, 0.3) is 0 Å². The van der Waals surface area contributed by atoms with Gasteiger partial charge < -0.3 is 11.1 Å². The molecule has 0 saturated heterocycles. The van der Waals surface area contributed by atoms with E-state index in [9.17, 15) is 22.0 Å². The Morgan fingerprint density at radius 2 is 1.62 bits per heavy atom. The number of halogens is 5. The molecule has 0 saturated carbocycles. The van der Waals surface area contributed by atoms with Crippen LogP contribution in [0.25, 0.3) is 0 Å². The van der Waals surface area contributed by atoms with Crippen molar-refractivity contribution in [2.24, 2.45) is 0 Å². The van der Waals surface area contributed by atoms with Crippen molar-refractivity contribution in [3.63, 3.8) is 0 Å². The third-order valence-corrected chi connectivity index (χ3v) is 2.97. The molecule has 0 aliphatic rings.